The summed E-state index contributed by atoms with van der Waals surface area (Å²) in [6.07, 6.45) is 19.4. The van der Waals surface area contributed by atoms with Crippen LogP contribution in [0.3, 0.4) is 0 Å². The maximum atomic E-state index is 8.43. The maximum Gasteiger partial charge on any atom is 0.0257 e. The van der Waals surface area contributed by atoms with Crippen LogP contribution in [0.2, 0.25) is 0 Å². The number of unbranched alkanes of at least 4 members (excludes halogenated alkanes) is 8. The molecule has 174 valence electrons. The molecule has 6 heteroatoms. The summed E-state index contributed by atoms with van der Waals surface area (Å²) in [4.78, 5) is 5.67. The minimum Gasteiger partial charge on any atom is -0.0940 e. The number of hydrogen-bond acceptors (Lipinski definition) is 2. The third-order valence-electron chi connectivity index (χ3n) is 5.58. The summed E-state index contributed by atoms with van der Waals surface area (Å²) < 4.78 is 0. The third-order valence-corrected chi connectivity index (χ3v) is 5.58. The highest BCUT2D eigenvalue weighted by atomic mass is 15.1. The van der Waals surface area contributed by atoms with E-state index >= 15 is 0 Å². The average Bonchev–Trinajstić information content (AvgIpc) is 2.80. The molecule has 0 bridgehead atoms. The summed E-state index contributed by atoms with van der Waals surface area (Å²) in [5.74, 6) is 0. The number of hydrogen-bond donors (Lipinski definition) is 0. The van der Waals surface area contributed by atoms with Gasteiger partial charge < -0.3 is 0 Å². The van der Waals surface area contributed by atoms with Crippen molar-refractivity contribution >= 4 is 0 Å². The summed E-state index contributed by atoms with van der Waals surface area (Å²) in [5.41, 5.74) is 22.4. The molecule has 0 unspecified atom stereocenters. The van der Waals surface area contributed by atoms with Crippen molar-refractivity contribution in [2.75, 3.05) is 13.1 Å². The molecule has 6 nitrogen and oxygen atoms in total. The van der Waals surface area contributed by atoms with Crippen LogP contribution in [0.15, 0.2) is 22.4 Å². The first-order valence-electron chi connectivity index (χ1n) is 12.2. The van der Waals surface area contributed by atoms with Gasteiger partial charge in [0.25, 0.3) is 0 Å². The van der Waals surface area contributed by atoms with Gasteiger partial charge in [-0.3, -0.25) is 0 Å². The molecule has 0 aliphatic rings. The fraction of sp³-hybridized carbons (Fsp3) is 0.615. The Kier molecular flexibility index (Phi) is 17.0. The molecule has 0 N–H and O–H groups in total. The minimum absolute atomic E-state index is 0.582. The van der Waals surface area contributed by atoms with E-state index in [1.165, 1.54) is 22.3 Å². The third kappa shape index (κ3) is 12.6. The molecule has 0 aliphatic carbocycles. The van der Waals surface area contributed by atoms with Crippen LogP contribution in [0.1, 0.15) is 99.3 Å². The summed E-state index contributed by atoms with van der Waals surface area (Å²) in [6.45, 7) is 9.11. The average molecular weight is 437 g/mol. The molecule has 0 saturated heterocycles. The smallest absolute Gasteiger partial charge is 0.0257 e. The number of azide groups is 2. The van der Waals surface area contributed by atoms with Crippen LogP contribution < -0.4 is 0 Å². The number of rotatable bonds is 20. The zero-order chi connectivity index (χ0) is 23.3. The topological polar surface area (TPSA) is 97.5 Å². The van der Waals surface area contributed by atoms with E-state index in [1.54, 1.807) is 0 Å². The van der Waals surface area contributed by atoms with Crippen molar-refractivity contribution in [3.05, 3.63) is 82.0 Å². The van der Waals surface area contributed by atoms with Crippen molar-refractivity contribution in [3.8, 4) is 0 Å². The Labute approximate surface area is 195 Å². The van der Waals surface area contributed by atoms with Crippen LogP contribution in [0.5, 0.6) is 0 Å². The van der Waals surface area contributed by atoms with Crippen LogP contribution >= 0.6 is 0 Å². The van der Waals surface area contributed by atoms with E-state index in [1.807, 2.05) is 0 Å². The first-order chi connectivity index (χ1) is 15.8. The van der Waals surface area contributed by atoms with Crippen LogP contribution in [0.4, 0.5) is 0 Å². The Hall–Kier alpha value is -2.16. The highest BCUT2D eigenvalue weighted by Gasteiger charge is 2.11. The second-order valence-corrected chi connectivity index (χ2v) is 8.18. The van der Waals surface area contributed by atoms with Gasteiger partial charge in [0, 0.05) is 22.9 Å². The van der Waals surface area contributed by atoms with Gasteiger partial charge in [-0.05, 0) is 97.5 Å². The zero-order valence-electron chi connectivity index (χ0n) is 19.7. The molecule has 0 aliphatic heterocycles. The van der Waals surface area contributed by atoms with Crippen molar-refractivity contribution < 1.29 is 0 Å². The van der Waals surface area contributed by atoms with E-state index in [2.05, 4.69) is 58.9 Å². The fourth-order valence-corrected chi connectivity index (χ4v) is 3.79. The second kappa shape index (κ2) is 19.5. The van der Waals surface area contributed by atoms with Gasteiger partial charge in [0.1, 0.15) is 0 Å². The molecular formula is C26H40N6. The lowest BCUT2D eigenvalue weighted by Crippen LogP contribution is -2.02. The molecule has 32 heavy (non-hydrogen) atoms. The first kappa shape index (κ1) is 27.9. The largest absolute Gasteiger partial charge is 0.0940 e. The lowest BCUT2D eigenvalue weighted by molar-refractivity contribution is 0.666. The maximum absolute atomic E-state index is 8.43. The van der Waals surface area contributed by atoms with Crippen molar-refractivity contribution in [2.45, 2.75) is 89.9 Å². The van der Waals surface area contributed by atoms with Crippen LogP contribution in [0.25, 0.3) is 20.9 Å². The van der Waals surface area contributed by atoms with Gasteiger partial charge in [-0.15, -0.1) is 0 Å². The van der Waals surface area contributed by atoms with Crippen molar-refractivity contribution in [1.82, 2.24) is 0 Å². The monoisotopic (exact) mass is 436 g/mol. The molecular weight excluding hydrogens is 396 g/mol. The Bertz CT molecular complexity index is 656. The normalized spacial score (nSPS) is 10.6. The second-order valence-electron chi connectivity index (χ2n) is 8.18. The van der Waals surface area contributed by atoms with Gasteiger partial charge >= 0.3 is 0 Å². The highest BCUT2D eigenvalue weighted by molar-refractivity contribution is 5.45. The van der Waals surface area contributed by atoms with Crippen LogP contribution in [-0.4, -0.2) is 13.1 Å². The van der Waals surface area contributed by atoms with Crippen molar-refractivity contribution in [1.29, 1.82) is 0 Å². The highest BCUT2D eigenvalue weighted by Crippen LogP contribution is 2.26. The molecule has 0 saturated carbocycles. The quantitative estimate of drug-likeness (QED) is 0.0844. The first-order valence-corrected chi connectivity index (χ1v) is 12.2. The van der Waals surface area contributed by atoms with E-state index in [9.17, 15) is 0 Å². The molecule has 0 atom stereocenters. The summed E-state index contributed by atoms with van der Waals surface area (Å²) in [5, 5.41) is 7.28. The summed E-state index contributed by atoms with van der Waals surface area (Å²) in [6, 6.07) is 4.81. The molecule has 4 radical (unpaired) electrons. The number of aryl methyl sites for hydroxylation is 2. The van der Waals surface area contributed by atoms with Crippen molar-refractivity contribution in [3.63, 3.8) is 0 Å². The Balaban J connectivity index is 2.91. The minimum atomic E-state index is 0.582. The van der Waals surface area contributed by atoms with E-state index in [-0.39, 0.29) is 0 Å². The fourth-order valence-electron chi connectivity index (χ4n) is 3.79. The molecule has 0 aromatic heterocycles. The van der Waals surface area contributed by atoms with Gasteiger partial charge in [0.2, 0.25) is 0 Å². The number of benzene rings is 1. The number of nitrogens with zero attached hydrogens (tertiary/aromatic N) is 6. The lowest BCUT2D eigenvalue weighted by atomic mass is 9.88. The van der Waals surface area contributed by atoms with Gasteiger partial charge in [-0.2, -0.15) is 0 Å². The molecule has 0 heterocycles. The summed E-state index contributed by atoms with van der Waals surface area (Å²) >= 11 is 0. The molecule has 0 fully saturated rings. The lowest BCUT2D eigenvalue weighted by Gasteiger charge is -2.17. The SMILES string of the molecule is [CH2]CCC[CH]c1cc(CCCCCN=[N+]=[N-])c(CCCCCN=[N+]=[N-])cc1[CH]CCC[CH2]. The Morgan fingerprint density at radius 2 is 1.09 bits per heavy atom. The Morgan fingerprint density at radius 3 is 1.47 bits per heavy atom. The molecule has 1 aromatic rings. The van der Waals surface area contributed by atoms with E-state index in [0.29, 0.717) is 13.1 Å². The van der Waals surface area contributed by atoms with Crippen LogP contribution in [-0.2, 0) is 12.8 Å². The zero-order valence-corrected chi connectivity index (χ0v) is 19.7. The van der Waals surface area contributed by atoms with Crippen molar-refractivity contribution in [2.24, 2.45) is 10.2 Å². The van der Waals surface area contributed by atoms with Gasteiger partial charge in [-0.25, -0.2) is 0 Å². The van der Waals surface area contributed by atoms with E-state index < -0.39 is 0 Å². The predicted octanol–water partition coefficient (Wildman–Crippen LogP) is 8.85. The van der Waals surface area contributed by atoms with Crippen LogP contribution in [0, 0.1) is 26.7 Å². The summed E-state index contributed by atoms with van der Waals surface area (Å²) in [7, 11) is 0. The molecule has 1 aromatic carbocycles. The molecule has 0 spiro atoms. The standard InChI is InChI=1S/C26H40N6/c1-3-5-9-15-23-21-25(17-11-7-13-19-29-31-27)26(18-12-8-14-20-30-32-28)22-24(23)16-10-6-4-2/h15-16,21-22H,1-14,17-20H2. The molecule has 1 rings (SSSR count). The molecule has 0 amide bonds. The predicted molar refractivity (Wildman–Crippen MR) is 135 cm³/mol. The van der Waals surface area contributed by atoms with Gasteiger partial charge in [0.15, 0.2) is 0 Å². The van der Waals surface area contributed by atoms with Gasteiger partial charge in [0.05, 0.1) is 0 Å². The Morgan fingerprint density at radius 1 is 0.656 bits per heavy atom. The van der Waals surface area contributed by atoms with E-state index in [0.717, 1.165) is 89.9 Å². The van der Waals surface area contributed by atoms with E-state index in [4.69, 9.17) is 11.1 Å². The van der Waals surface area contributed by atoms with Gasteiger partial charge in [-0.1, -0.05) is 74.7 Å².